The van der Waals surface area contributed by atoms with Crippen LogP contribution in [-0.2, 0) is 14.4 Å². The lowest BCUT2D eigenvalue weighted by Crippen LogP contribution is -2.59. The van der Waals surface area contributed by atoms with E-state index in [9.17, 15) is 29.1 Å². The maximum Gasteiger partial charge on any atom is 0.319 e. The zero-order chi connectivity index (χ0) is 52.4. The van der Waals surface area contributed by atoms with Gasteiger partial charge in [-0.2, -0.15) is 11.8 Å². The summed E-state index contributed by atoms with van der Waals surface area (Å²) >= 11 is 3.11. The number of H-pyrrole nitrogens is 1. The van der Waals surface area contributed by atoms with E-state index in [1.54, 1.807) is 53.4 Å². The number of fused-ring (bicyclic) bond motifs is 1. The summed E-state index contributed by atoms with van der Waals surface area (Å²) in [6.07, 6.45) is 4.93. The fourth-order valence-electron chi connectivity index (χ4n) is 8.89. The molecule has 0 radical (unpaired) electrons. The molecule has 6 amide bonds. The number of rotatable bonds is 20. The predicted octanol–water partition coefficient (Wildman–Crippen LogP) is 9.20. The summed E-state index contributed by atoms with van der Waals surface area (Å²) in [5, 5.41) is 29.6. The Kier molecular flexibility index (Phi) is 17.1. The third kappa shape index (κ3) is 13.3. The van der Waals surface area contributed by atoms with Crippen molar-refractivity contribution < 1.29 is 29.1 Å². The van der Waals surface area contributed by atoms with Gasteiger partial charge in [-0.25, -0.2) is 19.7 Å². The predicted molar refractivity (Wildman–Crippen MR) is 293 cm³/mol. The molecule has 0 bridgehead atoms. The fourth-order valence-corrected chi connectivity index (χ4v) is 10.9. The van der Waals surface area contributed by atoms with Crippen molar-refractivity contribution in [2.24, 2.45) is 0 Å². The number of amides is 6. The van der Waals surface area contributed by atoms with Crippen LogP contribution in [0.1, 0.15) is 81.0 Å². The van der Waals surface area contributed by atoms with Crippen molar-refractivity contribution in [3.8, 4) is 21.7 Å². The molecule has 7 aromatic rings. The molecule has 0 aliphatic carbocycles. The van der Waals surface area contributed by atoms with Crippen LogP contribution in [0.3, 0.4) is 0 Å². The number of thiazole rings is 1. The van der Waals surface area contributed by atoms with E-state index < -0.39 is 28.8 Å². The van der Waals surface area contributed by atoms with Crippen LogP contribution >= 0.6 is 23.1 Å². The second-order valence-electron chi connectivity index (χ2n) is 18.8. The fraction of sp³-hybridized carbons (Fsp3) is 0.309. The summed E-state index contributed by atoms with van der Waals surface area (Å²) in [4.78, 5) is 85.4. The number of carbonyl (C=O) groups is 5. The first kappa shape index (κ1) is 52.7. The number of urea groups is 1. The number of aliphatic hydroxyl groups excluding tert-OH is 1. The van der Waals surface area contributed by atoms with E-state index in [1.807, 2.05) is 112 Å². The average molecular weight is 1040 g/mol. The first-order valence-corrected chi connectivity index (χ1v) is 26.4. The summed E-state index contributed by atoms with van der Waals surface area (Å²) in [7, 11) is 0. The number of benzene rings is 4. The molecular weight excluding hydrogens is 975 g/mol. The third-order valence-electron chi connectivity index (χ3n) is 12.8. The molecular formula is C55H61N11O6S2. The first-order valence-electron chi connectivity index (χ1n) is 24.5. The zero-order valence-corrected chi connectivity index (χ0v) is 43.5. The maximum absolute atomic E-state index is 14.3. The minimum absolute atomic E-state index is 0.0226. The molecule has 1 aliphatic heterocycles. The number of nitrogens with one attached hydrogen (secondary N) is 7. The largest absolute Gasteiger partial charge is 0.391 e. The number of aromatic amines is 1. The Morgan fingerprint density at radius 2 is 1.64 bits per heavy atom. The molecule has 4 atom stereocenters. The van der Waals surface area contributed by atoms with Gasteiger partial charge in [-0.1, -0.05) is 55.0 Å². The number of anilines is 4. The SMILES string of the molecule is CC(=O)NC(C(=O)N1CC(O)CC1C(=O)NC(C)c1ccc(-c2scnc2C)cc1)C(C)(C)SCCCCCNC(=O)Nc1ccc(C(=O)Nc2cccc(Nc3cc(-c4c[nH]c5ccccc45)ncn3)c2)cc1. The molecule has 1 aliphatic rings. The van der Waals surface area contributed by atoms with Gasteiger partial charge in [0.25, 0.3) is 5.91 Å². The molecule has 384 valence electrons. The molecule has 1 saturated heterocycles. The van der Waals surface area contributed by atoms with E-state index in [2.05, 4.69) is 51.8 Å². The van der Waals surface area contributed by atoms with E-state index in [0.717, 1.165) is 62.4 Å². The van der Waals surface area contributed by atoms with Gasteiger partial charge in [-0.15, -0.1) is 11.3 Å². The van der Waals surface area contributed by atoms with Gasteiger partial charge in [0.2, 0.25) is 17.7 Å². The molecule has 74 heavy (non-hydrogen) atoms. The van der Waals surface area contributed by atoms with E-state index in [4.69, 9.17) is 0 Å². The molecule has 19 heteroatoms. The monoisotopic (exact) mass is 1040 g/mol. The lowest BCUT2D eigenvalue weighted by atomic mass is 10.0. The van der Waals surface area contributed by atoms with E-state index in [-0.39, 0.29) is 42.8 Å². The van der Waals surface area contributed by atoms with Crippen LogP contribution in [0.15, 0.2) is 121 Å². The zero-order valence-electron chi connectivity index (χ0n) is 41.9. The lowest BCUT2D eigenvalue weighted by Gasteiger charge is -2.37. The van der Waals surface area contributed by atoms with Crippen molar-refractivity contribution >= 4 is 86.5 Å². The van der Waals surface area contributed by atoms with E-state index >= 15 is 0 Å². The number of aryl methyl sites for hydroxylation is 1. The number of hydrogen-bond donors (Lipinski definition) is 8. The van der Waals surface area contributed by atoms with Gasteiger partial charge in [0, 0.05) is 82.5 Å². The number of aromatic nitrogens is 4. The molecule has 4 aromatic carbocycles. The number of hydrogen-bond acceptors (Lipinski definition) is 12. The van der Waals surface area contributed by atoms with Gasteiger partial charge in [0.1, 0.15) is 24.2 Å². The molecule has 1 fully saturated rings. The number of aliphatic hydroxyl groups is 1. The summed E-state index contributed by atoms with van der Waals surface area (Å²) in [6, 6.07) is 29.2. The van der Waals surface area contributed by atoms with Gasteiger partial charge in [-0.05, 0) is 106 Å². The molecule has 3 aromatic heterocycles. The van der Waals surface area contributed by atoms with E-state index in [1.165, 1.54) is 18.2 Å². The van der Waals surface area contributed by atoms with Crippen molar-refractivity contribution in [3.05, 3.63) is 138 Å². The quantitative estimate of drug-likeness (QED) is 0.0335. The highest BCUT2D eigenvalue weighted by atomic mass is 32.2. The Labute approximate surface area is 438 Å². The average Bonchev–Trinajstić information content (AvgIpc) is 4.13. The normalized spacial score (nSPS) is 15.2. The highest BCUT2D eigenvalue weighted by Crippen LogP contribution is 2.34. The third-order valence-corrected chi connectivity index (χ3v) is 15.3. The van der Waals surface area contributed by atoms with Crippen LogP contribution in [0.5, 0.6) is 0 Å². The first-order chi connectivity index (χ1) is 35.6. The molecule has 0 spiro atoms. The van der Waals surface area contributed by atoms with Crippen molar-refractivity contribution in [1.82, 2.24) is 40.8 Å². The van der Waals surface area contributed by atoms with Gasteiger partial charge in [0.15, 0.2) is 0 Å². The van der Waals surface area contributed by atoms with Crippen molar-refractivity contribution in [1.29, 1.82) is 0 Å². The molecule has 4 unspecified atom stereocenters. The molecule has 17 nitrogen and oxygen atoms in total. The molecule has 8 rings (SSSR count). The number of likely N-dealkylation sites (tertiary alicyclic amines) is 1. The lowest BCUT2D eigenvalue weighted by molar-refractivity contribution is -0.142. The number of nitrogens with zero attached hydrogens (tertiary/aromatic N) is 4. The Morgan fingerprint density at radius 1 is 0.865 bits per heavy atom. The Bertz CT molecular complexity index is 3110. The summed E-state index contributed by atoms with van der Waals surface area (Å²) in [5.74, 6) is -0.213. The number of β-amino-alcohol motifs (C(OH)–C–C–N with tert-alkyl or cyclic N) is 1. The maximum atomic E-state index is 14.3. The molecule has 4 heterocycles. The van der Waals surface area contributed by atoms with Gasteiger partial charge >= 0.3 is 6.03 Å². The van der Waals surface area contributed by atoms with Gasteiger partial charge in [0.05, 0.1) is 33.9 Å². The number of unbranched alkanes of at least 4 members (excludes halogenated alkanes) is 2. The van der Waals surface area contributed by atoms with Crippen LogP contribution in [0.2, 0.25) is 0 Å². The second kappa shape index (κ2) is 24.0. The van der Waals surface area contributed by atoms with Crippen LogP contribution in [-0.4, -0.2) is 101 Å². The Morgan fingerprint density at radius 3 is 2.39 bits per heavy atom. The topological polar surface area (TPSA) is 235 Å². The van der Waals surface area contributed by atoms with Crippen LogP contribution < -0.4 is 31.9 Å². The van der Waals surface area contributed by atoms with Crippen LogP contribution in [0.25, 0.3) is 32.6 Å². The van der Waals surface area contributed by atoms with E-state index in [0.29, 0.717) is 41.5 Å². The highest BCUT2D eigenvalue weighted by Gasteiger charge is 2.46. The number of carbonyl (C=O) groups excluding carboxylic acids is 5. The standard InChI is InChI=1S/C55H61N11O6S2/c1-33(36-16-18-37(19-17-36)49-34(2)60-32-73-49)61-52(70)47-27-42(68)30-66(47)53(71)50(62-35(3)67)55(4,5)74-25-10-6-9-24-56-54(72)65-39-22-20-38(21-23-39)51(69)64-41-13-11-12-40(26-41)63-48-28-46(58-31-59-48)44-29-57-45-15-8-7-14-43(44)45/h7-8,11-23,26,28-29,31-33,42,47,50,57,68H,6,9-10,24-25,27,30H2,1-5H3,(H,61,70)(H,62,67)(H,64,69)(H2,56,65,72)(H,58,59,63). The van der Waals surface area contributed by atoms with Crippen LogP contribution in [0.4, 0.5) is 27.7 Å². The van der Waals surface area contributed by atoms with Crippen molar-refractivity contribution in [3.63, 3.8) is 0 Å². The Balaban J connectivity index is 0.748. The summed E-state index contributed by atoms with van der Waals surface area (Å²) in [5.41, 5.74) is 9.71. The van der Waals surface area contributed by atoms with Gasteiger partial charge < -0.3 is 46.9 Å². The second-order valence-corrected chi connectivity index (χ2v) is 21.4. The number of para-hydroxylation sites is 1. The van der Waals surface area contributed by atoms with Gasteiger partial charge in [-0.3, -0.25) is 19.2 Å². The minimum atomic E-state index is -0.955. The van der Waals surface area contributed by atoms with Crippen molar-refractivity contribution in [2.75, 3.05) is 34.8 Å². The van der Waals surface area contributed by atoms with Crippen molar-refractivity contribution in [2.45, 2.75) is 89.3 Å². The number of thioether (sulfide) groups is 1. The Hall–Kier alpha value is -7.61. The van der Waals surface area contributed by atoms with Crippen LogP contribution in [0, 0.1) is 6.92 Å². The summed E-state index contributed by atoms with van der Waals surface area (Å²) < 4.78 is -0.760. The highest BCUT2D eigenvalue weighted by molar-refractivity contribution is 8.00. The minimum Gasteiger partial charge on any atom is -0.391 e. The smallest absolute Gasteiger partial charge is 0.319 e. The summed E-state index contributed by atoms with van der Waals surface area (Å²) in [6.45, 7) is 9.40. The molecule has 0 saturated carbocycles. The molecule has 8 N–H and O–H groups in total.